The molecular formula is C22H18Cl2F3NO4S. The van der Waals surface area contributed by atoms with Crippen molar-refractivity contribution >= 4 is 44.5 Å². The summed E-state index contributed by atoms with van der Waals surface area (Å²) in [6.45, 7) is 1.65. The van der Waals surface area contributed by atoms with Gasteiger partial charge in [0.2, 0.25) is 5.60 Å². The lowest BCUT2D eigenvalue weighted by atomic mass is 9.85. The van der Waals surface area contributed by atoms with Crippen LogP contribution in [0.5, 0.6) is 0 Å². The number of amides is 1. The summed E-state index contributed by atoms with van der Waals surface area (Å²) in [5.74, 6) is -0.644. The largest absolute Gasteiger partial charge is 0.480 e. The van der Waals surface area contributed by atoms with Gasteiger partial charge < -0.3 is 10.1 Å². The van der Waals surface area contributed by atoms with Crippen molar-refractivity contribution in [3.05, 3.63) is 75.0 Å². The number of rotatable bonds is 4. The summed E-state index contributed by atoms with van der Waals surface area (Å²) >= 11 is 11.9. The number of halogens is 5. The second-order valence-electron chi connectivity index (χ2n) is 8.20. The lowest BCUT2D eigenvalue weighted by Crippen LogP contribution is -2.53. The highest BCUT2D eigenvalue weighted by molar-refractivity contribution is 7.92. The Kier molecular flexibility index (Phi) is 5.95. The Morgan fingerprint density at radius 1 is 1.12 bits per heavy atom. The van der Waals surface area contributed by atoms with Gasteiger partial charge in [-0.05, 0) is 47.9 Å². The van der Waals surface area contributed by atoms with Gasteiger partial charge in [-0.15, -0.1) is 0 Å². The minimum absolute atomic E-state index is 0.0589. The molecule has 5 nitrogen and oxygen atoms in total. The maximum atomic E-state index is 14.2. The summed E-state index contributed by atoms with van der Waals surface area (Å²) in [7, 11) is -3.08. The van der Waals surface area contributed by atoms with Gasteiger partial charge in [-0.1, -0.05) is 35.3 Å². The van der Waals surface area contributed by atoms with Gasteiger partial charge in [-0.25, -0.2) is 8.42 Å². The minimum Gasteiger partial charge on any atom is -0.480 e. The molecule has 11 heteroatoms. The maximum Gasteiger partial charge on any atom is 0.432 e. The second-order valence-corrected chi connectivity index (χ2v) is 11.2. The highest BCUT2D eigenvalue weighted by Crippen LogP contribution is 2.52. The predicted octanol–water partition coefficient (Wildman–Crippen LogP) is 5.05. The molecule has 1 atom stereocenters. The molecule has 2 aliphatic rings. The van der Waals surface area contributed by atoms with E-state index in [1.54, 1.807) is 13.0 Å². The van der Waals surface area contributed by atoms with Gasteiger partial charge in [0.1, 0.15) is 0 Å². The van der Waals surface area contributed by atoms with Gasteiger partial charge in [-0.3, -0.25) is 4.79 Å². The molecule has 0 saturated carbocycles. The topological polar surface area (TPSA) is 72.5 Å². The number of benzene rings is 2. The Balaban J connectivity index is 1.57. The Labute approximate surface area is 198 Å². The summed E-state index contributed by atoms with van der Waals surface area (Å²) in [6.07, 6.45) is -4.19. The van der Waals surface area contributed by atoms with Crippen molar-refractivity contribution in [1.82, 2.24) is 5.32 Å². The van der Waals surface area contributed by atoms with Gasteiger partial charge in [0, 0.05) is 27.6 Å². The molecule has 1 amide bonds. The third-order valence-corrected chi connectivity index (χ3v) is 7.97. The monoisotopic (exact) mass is 519 g/mol. The molecular weight excluding hydrogens is 502 g/mol. The van der Waals surface area contributed by atoms with Crippen LogP contribution in [0, 0.1) is 6.92 Å². The van der Waals surface area contributed by atoms with Gasteiger partial charge in [-0.2, -0.15) is 13.2 Å². The SMILES string of the molecule is Cc1cc(C2=CO[C@@](c3cc(Cl)cc(Cl)c3)(C(F)(F)F)C2)ccc1C(=O)NC1CS(=O)(=O)C1. The first-order valence-electron chi connectivity index (χ1n) is 9.82. The van der Waals surface area contributed by atoms with E-state index < -0.39 is 40.0 Å². The van der Waals surface area contributed by atoms with Crippen molar-refractivity contribution in [2.75, 3.05) is 11.5 Å². The fraction of sp³-hybridized carbons (Fsp3) is 0.318. The summed E-state index contributed by atoms with van der Waals surface area (Å²) < 4.78 is 70.3. The number of alkyl halides is 3. The molecule has 0 aliphatic carbocycles. The van der Waals surface area contributed by atoms with Crippen molar-refractivity contribution in [3.8, 4) is 0 Å². The van der Waals surface area contributed by atoms with Crippen LogP contribution in [0.3, 0.4) is 0 Å². The molecule has 0 spiro atoms. The van der Waals surface area contributed by atoms with Gasteiger partial charge in [0.25, 0.3) is 5.91 Å². The number of ether oxygens (including phenoxy) is 1. The molecule has 33 heavy (non-hydrogen) atoms. The zero-order valence-corrected chi connectivity index (χ0v) is 19.5. The van der Waals surface area contributed by atoms with Crippen molar-refractivity contribution in [2.24, 2.45) is 0 Å². The van der Waals surface area contributed by atoms with Crippen LogP contribution in [-0.2, 0) is 20.2 Å². The number of aryl methyl sites for hydroxylation is 1. The number of hydrogen-bond donors (Lipinski definition) is 1. The normalized spacial score (nSPS) is 22.3. The average Bonchev–Trinajstić information content (AvgIpc) is 3.12. The van der Waals surface area contributed by atoms with Crippen molar-refractivity contribution < 1.29 is 31.1 Å². The number of carbonyl (C=O) groups excluding carboxylic acids is 1. The number of nitrogens with one attached hydrogen (secondary N) is 1. The van der Waals surface area contributed by atoms with E-state index in [0.717, 1.165) is 6.26 Å². The van der Waals surface area contributed by atoms with Crippen LogP contribution in [0.15, 0.2) is 42.7 Å². The molecule has 2 heterocycles. The molecule has 1 saturated heterocycles. The summed E-state index contributed by atoms with van der Waals surface area (Å²) in [5.41, 5.74) is -1.24. The fourth-order valence-electron chi connectivity index (χ4n) is 4.01. The van der Waals surface area contributed by atoms with Crippen molar-refractivity contribution in [1.29, 1.82) is 0 Å². The van der Waals surface area contributed by atoms with Crippen LogP contribution < -0.4 is 5.32 Å². The smallest absolute Gasteiger partial charge is 0.432 e. The standard InChI is InChI=1S/C22H18Cl2F3NO4S/c1-12-4-13(2-3-19(12)20(29)28-18-10-33(30,31)11-18)14-8-21(32-9-14,22(25,26)27)15-5-16(23)7-17(24)6-15/h2-7,9,18H,8,10-11H2,1H3,(H,28,29)/t21-/m0/s1. The maximum absolute atomic E-state index is 14.2. The highest BCUT2D eigenvalue weighted by Gasteiger charge is 2.60. The number of sulfone groups is 1. The zero-order chi connectivity index (χ0) is 24.2. The Hall–Kier alpha value is -2.23. The number of carbonyl (C=O) groups is 1. The minimum atomic E-state index is -4.75. The van der Waals surface area contributed by atoms with E-state index in [1.165, 1.54) is 30.3 Å². The Morgan fingerprint density at radius 3 is 2.30 bits per heavy atom. The quantitative estimate of drug-likeness (QED) is 0.613. The van der Waals surface area contributed by atoms with Crippen LogP contribution in [0.25, 0.3) is 5.57 Å². The Morgan fingerprint density at radius 2 is 1.76 bits per heavy atom. The molecule has 1 N–H and O–H groups in total. The van der Waals surface area contributed by atoms with Crippen LogP contribution in [0.4, 0.5) is 13.2 Å². The lowest BCUT2D eigenvalue weighted by Gasteiger charge is -2.32. The zero-order valence-electron chi connectivity index (χ0n) is 17.2. The first-order chi connectivity index (χ1) is 15.3. The number of hydrogen-bond acceptors (Lipinski definition) is 4. The first-order valence-corrected chi connectivity index (χ1v) is 12.4. The first kappa shape index (κ1) is 23.9. The van der Waals surface area contributed by atoms with E-state index in [-0.39, 0.29) is 27.1 Å². The summed E-state index contributed by atoms with van der Waals surface area (Å²) in [5, 5.41) is 2.77. The third kappa shape index (κ3) is 4.58. The molecule has 0 radical (unpaired) electrons. The van der Waals surface area contributed by atoms with Crippen LogP contribution in [0.2, 0.25) is 10.0 Å². The van der Waals surface area contributed by atoms with Crippen LogP contribution >= 0.6 is 23.2 Å². The van der Waals surface area contributed by atoms with E-state index in [4.69, 9.17) is 27.9 Å². The van der Waals surface area contributed by atoms with Crippen LogP contribution in [-0.4, -0.2) is 38.0 Å². The second kappa shape index (κ2) is 8.21. The van der Waals surface area contributed by atoms with E-state index in [2.05, 4.69) is 5.32 Å². The van der Waals surface area contributed by atoms with E-state index in [1.807, 2.05) is 0 Å². The molecule has 176 valence electrons. The van der Waals surface area contributed by atoms with Crippen LogP contribution in [0.1, 0.15) is 33.5 Å². The molecule has 0 unspecified atom stereocenters. The molecule has 0 aromatic heterocycles. The van der Waals surface area contributed by atoms with Crippen molar-refractivity contribution in [2.45, 2.75) is 31.2 Å². The molecule has 4 rings (SSSR count). The van der Waals surface area contributed by atoms with E-state index in [0.29, 0.717) is 22.3 Å². The Bertz CT molecular complexity index is 1240. The molecule has 1 fully saturated rings. The fourth-order valence-corrected chi connectivity index (χ4v) is 5.83. The molecule has 2 aromatic carbocycles. The average molecular weight is 520 g/mol. The highest BCUT2D eigenvalue weighted by atomic mass is 35.5. The van der Waals surface area contributed by atoms with Gasteiger partial charge >= 0.3 is 6.18 Å². The van der Waals surface area contributed by atoms with E-state index >= 15 is 0 Å². The van der Waals surface area contributed by atoms with E-state index in [9.17, 15) is 26.4 Å². The summed E-state index contributed by atoms with van der Waals surface area (Å²) in [4.78, 5) is 12.5. The molecule has 2 aromatic rings. The van der Waals surface area contributed by atoms with Crippen molar-refractivity contribution in [3.63, 3.8) is 0 Å². The third-order valence-electron chi connectivity index (χ3n) is 5.72. The summed E-state index contributed by atoms with van der Waals surface area (Å²) in [6, 6.07) is 7.88. The predicted molar refractivity (Wildman–Crippen MR) is 119 cm³/mol. The van der Waals surface area contributed by atoms with Gasteiger partial charge in [0.15, 0.2) is 9.84 Å². The molecule has 0 bridgehead atoms. The van der Waals surface area contributed by atoms with Gasteiger partial charge in [0.05, 0.1) is 23.8 Å². The lowest BCUT2D eigenvalue weighted by molar-refractivity contribution is -0.260. The molecule has 2 aliphatic heterocycles.